The molecular weight excluding hydrogens is 213 g/mol. The van der Waals surface area contributed by atoms with Crippen LogP contribution in [0.15, 0.2) is 29.9 Å². The zero-order chi connectivity index (χ0) is 10.7. The van der Waals surface area contributed by atoms with Crippen LogP contribution in [-0.4, -0.2) is 9.97 Å². The number of nitrogens with two attached hydrogens (primary N) is 1. The van der Waals surface area contributed by atoms with Gasteiger partial charge in [-0.15, -0.1) is 11.3 Å². The summed E-state index contributed by atoms with van der Waals surface area (Å²) in [6.45, 7) is 0. The lowest BCUT2D eigenvalue weighted by atomic mass is 10.1. The molecule has 0 fully saturated rings. The third kappa shape index (κ3) is 2.37. The standard InChI is InChI=1S/C10H10FN3S/c11-7-2-1-3-14-10(7)8(12)6-9-13-4-5-15-9/h1-5,8H,6,12H2. The van der Waals surface area contributed by atoms with Gasteiger partial charge in [0.05, 0.1) is 16.7 Å². The highest BCUT2D eigenvalue weighted by atomic mass is 32.1. The number of pyridine rings is 1. The molecular formula is C10H10FN3S. The SMILES string of the molecule is NC(Cc1nccs1)c1ncccc1F. The maximum absolute atomic E-state index is 13.3. The van der Waals surface area contributed by atoms with Gasteiger partial charge in [0.15, 0.2) is 0 Å². The molecule has 0 aromatic carbocycles. The Hall–Kier alpha value is -1.33. The van der Waals surface area contributed by atoms with Crippen molar-refractivity contribution in [2.24, 2.45) is 5.73 Å². The van der Waals surface area contributed by atoms with E-state index in [1.807, 2.05) is 5.38 Å². The second-order valence-corrected chi connectivity index (χ2v) is 4.09. The smallest absolute Gasteiger partial charge is 0.146 e. The van der Waals surface area contributed by atoms with E-state index in [1.165, 1.54) is 17.4 Å². The van der Waals surface area contributed by atoms with Gasteiger partial charge in [-0.3, -0.25) is 4.98 Å². The van der Waals surface area contributed by atoms with Gasteiger partial charge in [-0.25, -0.2) is 9.37 Å². The summed E-state index contributed by atoms with van der Waals surface area (Å²) in [7, 11) is 0. The number of rotatable bonds is 3. The van der Waals surface area contributed by atoms with E-state index < -0.39 is 6.04 Å². The number of halogens is 1. The van der Waals surface area contributed by atoms with Crippen molar-refractivity contribution in [2.75, 3.05) is 0 Å². The van der Waals surface area contributed by atoms with Crippen molar-refractivity contribution in [3.63, 3.8) is 0 Å². The van der Waals surface area contributed by atoms with Crippen LogP contribution in [0.4, 0.5) is 4.39 Å². The maximum Gasteiger partial charge on any atom is 0.146 e. The number of nitrogens with zero attached hydrogens (tertiary/aromatic N) is 2. The highest BCUT2D eigenvalue weighted by Gasteiger charge is 2.13. The first-order valence-corrected chi connectivity index (χ1v) is 5.39. The van der Waals surface area contributed by atoms with Crippen molar-refractivity contribution in [3.8, 4) is 0 Å². The van der Waals surface area contributed by atoms with Crippen molar-refractivity contribution >= 4 is 11.3 Å². The highest BCUT2D eigenvalue weighted by molar-refractivity contribution is 7.09. The molecule has 78 valence electrons. The Morgan fingerprint density at radius 3 is 2.93 bits per heavy atom. The summed E-state index contributed by atoms with van der Waals surface area (Å²) >= 11 is 1.51. The summed E-state index contributed by atoms with van der Waals surface area (Å²) in [5, 5.41) is 2.77. The quantitative estimate of drug-likeness (QED) is 0.864. The van der Waals surface area contributed by atoms with Gasteiger partial charge in [0, 0.05) is 24.2 Å². The molecule has 3 nitrogen and oxygen atoms in total. The Kier molecular flexibility index (Phi) is 3.03. The predicted octanol–water partition coefficient (Wildman–Crippen LogP) is 1.92. The number of aromatic nitrogens is 2. The van der Waals surface area contributed by atoms with Crippen LogP contribution in [0, 0.1) is 5.82 Å². The first-order valence-electron chi connectivity index (χ1n) is 4.51. The minimum atomic E-state index is -0.433. The van der Waals surface area contributed by atoms with Crippen LogP contribution in [-0.2, 0) is 6.42 Å². The minimum Gasteiger partial charge on any atom is -0.322 e. The first kappa shape index (κ1) is 10.2. The fourth-order valence-corrected chi connectivity index (χ4v) is 1.99. The van der Waals surface area contributed by atoms with Crippen LogP contribution in [0.2, 0.25) is 0 Å². The van der Waals surface area contributed by atoms with Crippen LogP contribution in [0.5, 0.6) is 0 Å². The monoisotopic (exact) mass is 223 g/mol. The zero-order valence-electron chi connectivity index (χ0n) is 7.93. The lowest BCUT2D eigenvalue weighted by Gasteiger charge is -2.09. The van der Waals surface area contributed by atoms with E-state index in [9.17, 15) is 4.39 Å². The number of thiazole rings is 1. The van der Waals surface area contributed by atoms with Gasteiger partial charge in [0.2, 0.25) is 0 Å². The van der Waals surface area contributed by atoms with Crippen molar-refractivity contribution in [2.45, 2.75) is 12.5 Å². The van der Waals surface area contributed by atoms with Gasteiger partial charge in [0.25, 0.3) is 0 Å². The largest absolute Gasteiger partial charge is 0.322 e. The van der Waals surface area contributed by atoms with Crippen LogP contribution >= 0.6 is 11.3 Å². The molecule has 0 bridgehead atoms. The maximum atomic E-state index is 13.3. The van der Waals surface area contributed by atoms with Crippen molar-refractivity contribution < 1.29 is 4.39 Å². The molecule has 0 aliphatic carbocycles. The Labute approximate surface area is 90.8 Å². The van der Waals surface area contributed by atoms with Gasteiger partial charge in [0.1, 0.15) is 5.82 Å². The summed E-state index contributed by atoms with van der Waals surface area (Å²) in [5.74, 6) is -0.360. The lowest BCUT2D eigenvalue weighted by molar-refractivity contribution is 0.563. The van der Waals surface area contributed by atoms with Crippen molar-refractivity contribution in [3.05, 3.63) is 46.4 Å². The van der Waals surface area contributed by atoms with Gasteiger partial charge in [-0.05, 0) is 12.1 Å². The molecule has 2 heterocycles. The van der Waals surface area contributed by atoms with Gasteiger partial charge in [-0.1, -0.05) is 0 Å². The molecule has 0 saturated heterocycles. The van der Waals surface area contributed by atoms with Crippen LogP contribution in [0.25, 0.3) is 0 Å². The van der Waals surface area contributed by atoms with Crippen LogP contribution in [0.3, 0.4) is 0 Å². The molecule has 0 aliphatic heterocycles. The average Bonchev–Trinajstić information content (AvgIpc) is 2.71. The molecule has 0 aliphatic rings. The molecule has 1 atom stereocenters. The van der Waals surface area contributed by atoms with E-state index in [4.69, 9.17) is 5.73 Å². The molecule has 2 N–H and O–H groups in total. The van der Waals surface area contributed by atoms with Crippen LogP contribution in [0.1, 0.15) is 16.7 Å². The highest BCUT2D eigenvalue weighted by Crippen LogP contribution is 2.17. The summed E-state index contributed by atoms with van der Waals surface area (Å²) in [5.41, 5.74) is 6.15. The summed E-state index contributed by atoms with van der Waals surface area (Å²) < 4.78 is 13.3. The molecule has 0 radical (unpaired) electrons. The Morgan fingerprint density at radius 2 is 2.27 bits per heavy atom. The van der Waals surface area contributed by atoms with E-state index in [2.05, 4.69) is 9.97 Å². The van der Waals surface area contributed by atoms with E-state index in [0.717, 1.165) is 5.01 Å². The second-order valence-electron chi connectivity index (χ2n) is 3.11. The van der Waals surface area contributed by atoms with Gasteiger partial charge < -0.3 is 5.73 Å². The molecule has 5 heteroatoms. The van der Waals surface area contributed by atoms with Crippen molar-refractivity contribution in [1.82, 2.24) is 9.97 Å². The third-order valence-electron chi connectivity index (χ3n) is 2.02. The van der Waals surface area contributed by atoms with Gasteiger partial charge >= 0.3 is 0 Å². The van der Waals surface area contributed by atoms with Crippen molar-refractivity contribution in [1.29, 1.82) is 0 Å². The molecule has 0 saturated carbocycles. The number of hydrogen-bond acceptors (Lipinski definition) is 4. The van der Waals surface area contributed by atoms with E-state index in [-0.39, 0.29) is 5.82 Å². The number of hydrogen-bond donors (Lipinski definition) is 1. The zero-order valence-corrected chi connectivity index (χ0v) is 8.75. The normalized spacial score (nSPS) is 12.7. The molecule has 0 spiro atoms. The van der Waals surface area contributed by atoms with E-state index in [0.29, 0.717) is 12.1 Å². The second kappa shape index (κ2) is 4.46. The average molecular weight is 223 g/mol. The third-order valence-corrected chi connectivity index (χ3v) is 2.82. The molecule has 2 aromatic rings. The molecule has 2 aromatic heterocycles. The predicted molar refractivity (Wildman–Crippen MR) is 56.9 cm³/mol. The Balaban J connectivity index is 2.15. The molecule has 15 heavy (non-hydrogen) atoms. The fraction of sp³-hybridized carbons (Fsp3) is 0.200. The summed E-state index contributed by atoms with van der Waals surface area (Å²) in [6.07, 6.45) is 3.77. The van der Waals surface area contributed by atoms with E-state index >= 15 is 0 Å². The van der Waals surface area contributed by atoms with E-state index in [1.54, 1.807) is 18.5 Å². The minimum absolute atomic E-state index is 0.299. The van der Waals surface area contributed by atoms with Crippen LogP contribution < -0.4 is 5.73 Å². The molecule has 0 amide bonds. The summed E-state index contributed by atoms with van der Waals surface area (Å²) in [6, 6.07) is 2.48. The Morgan fingerprint density at radius 1 is 1.40 bits per heavy atom. The Bertz CT molecular complexity index is 430. The molecule has 1 unspecified atom stereocenters. The fourth-order valence-electron chi connectivity index (χ4n) is 1.31. The summed E-state index contributed by atoms with van der Waals surface area (Å²) in [4.78, 5) is 8.04. The lowest BCUT2D eigenvalue weighted by Crippen LogP contribution is -2.16. The molecule has 2 rings (SSSR count). The first-order chi connectivity index (χ1) is 7.27. The van der Waals surface area contributed by atoms with Gasteiger partial charge in [-0.2, -0.15) is 0 Å². The topological polar surface area (TPSA) is 51.8 Å².